The molecule has 1 saturated carbocycles. The molecule has 1 atom stereocenters. The van der Waals surface area contributed by atoms with Gasteiger partial charge in [-0.05, 0) is 104 Å². The van der Waals surface area contributed by atoms with Crippen LogP contribution in [0.4, 0.5) is 4.39 Å². The number of hydrogen-bond acceptors (Lipinski definition) is 7. The fraction of sp³-hybridized carbons (Fsp3) is 0.543. The molecule has 5 rings (SSSR count). The highest BCUT2D eigenvalue weighted by atomic mass is 19.1. The van der Waals surface area contributed by atoms with Gasteiger partial charge in [0.25, 0.3) is 11.8 Å². The summed E-state index contributed by atoms with van der Waals surface area (Å²) in [4.78, 5) is 34.8. The summed E-state index contributed by atoms with van der Waals surface area (Å²) in [7, 11) is 1.81. The van der Waals surface area contributed by atoms with Gasteiger partial charge in [-0.15, -0.1) is 10.6 Å². The van der Waals surface area contributed by atoms with Crippen molar-refractivity contribution in [3.63, 3.8) is 0 Å². The number of rotatable bonds is 9. The van der Waals surface area contributed by atoms with E-state index in [1.165, 1.54) is 6.07 Å². The molecule has 1 unspecified atom stereocenters. The first-order valence-electron chi connectivity index (χ1n) is 16.2. The zero-order valence-electron chi connectivity index (χ0n) is 27.7. The maximum atomic E-state index is 14.5. The molecule has 2 amide bonds. The van der Waals surface area contributed by atoms with Crippen molar-refractivity contribution in [2.45, 2.75) is 91.8 Å². The average Bonchev–Trinajstić information content (AvgIpc) is 3.53. The Labute approximate surface area is 266 Å². The number of likely N-dealkylation sites (N-methyl/N-ethyl adjacent to an activating group) is 1. The molecule has 2 aliphatic heterocycles. The Morgan fingerprint density at radius 3 is 2.38 bits per heavy atom. The summed E-state index contributed by atoms with van der Waals surface area (Å²) in [6, 6.07) is 12.2. The highest BCUT2D eigenvalue weighted by Crippen LogP contribution is 2.50. The van der Waals surface area contributed by atoms with Crippen molar-refractivity contribution in [2.75, 3.05) is 13.6 Å². The number of aliphatic imine (C=N–C) groups is 1. The van der Waals surface area contributed by atoms with Gasteiger partial charge < -0.3 is 10.2 Å². The fourth-order valence-corrected chi connectivity index (χ4v) is 6.84. The maximum absolute atomic E-state index is 14.5. The SMILES string of the molecule is Cc1cc(C2=NC3(CCC(C(C)(C)C)CC3)N(C(CCC(C)C)c3ccc(C(=O)NCC4=NNNN4C)cc3)C2=O)ccc1F. The topological polar surface area (TPSA) is 101 Å². The highest BCUT2D eigenvalue weighted by Gasteiger charge is 2.52. The van der Waals surface area contributed by atoms with Crippen molar-refractivity contribution in [3.05, 3.63) is 70.5 Å². The Kier molecular flexibility index (Phi) is 9.35. The number of amidine groups is 1. The van der Waals surface area contributed by atoms with E-state index < -0.39 is 5.66 Å². The van der Waals surface area contributed by atoms with Crippen LogP contribution < -0.4 is 16.4 Å². The number of amides is 2. The van der Waals surface area contributed by atoms with E-state index in [1.807, 2.05) is 36.2 Å². The number of carbonyl (C=O) groups is 2. The number of carbonyl (C=O) groups excluding carboxylic acids is 2. The van der Waals surface area contributed by atoms with E-state index in [0.29, 0.717) is 40.1 Å². The Bertz CT molecular complexity index is 1470. The van der Waals surface area contributed by atoms with Crippen LogP contribution in [-0.2, 0) is 4.79 Å². The lowest BCUT2D eigenvalue weighted by molar-refractivity contribution is -0.133. The van der Waals surface area contributed by atoms with Crippen LogP contribution in [0.2, 0.25) is 0 Å². The Hall–Kier alpha value is -3.79. The molecule has 2 heterocycles. The van der Waals surface area contributed by atoms with Gasteiger partial charge in [0.2, 0.25) is 0 Å². The zero-order chi connectivity index (χ0) is 32.5. The molecule has 0 bridgehead atoms. The number of halogens is 1. The molecule has 242 valence electrons. The van der Waals surface area contributed by atoms with Gasteiger partial charge in [0.1, 0.15) is 17.2 Å². The van der Waals surface area contributed by atoms with Crippen molar-refractivity contribution in [1.82, 2.24) is 26.3 Å². The summed E-state index contributed by atoms with van der Waals surface area (Å²) < 4.78 is 14.2. The summed E-state index contributed by atoms with van der Waals surface area (Å²) >= 11 is 0. The van der Waals surface area contributed by atoms with Crippen LogP contribution in [0.15, 0.2) is 52.6 Å². The van der Waals surface area contributed by atoms with E-state index >= 15 is 0 Å². The van der Waals surface area contributed by atoms with Gasteiger partial charge in [0.05, 0.1) is 12.6 Å². The first-order chi connectivity index (χ1) is 21.3. The third-order valence-corrected chi connectivity index (χ3v) is 9.72. The van der Waals surface area contributed by atoms with Gasteiger partial charge in [0.15, 0.2) is 5.84 Å². The zero-order valence-corrected chi connectivity index (χ0v) is 27.7. The standard InChI is InChI=1S/C35H48FN7O2/c1-22(2)8-15-29(24-9-11-25(12-10-24)32(44)37-21-30-39-40-41-42(30)7)43-33(45)31(26-13-14-28(36)23(3)20-26)38-35(43)18-16-27(17-19-35)34(4,5)6/h9-14,20,22,27,29,40-41H,8,15-19,21H2,1-7H3,(H,37,44). The molecule has 0 saturated heterocycles. The van der Waals surface area contributed by atoms with E-state index in [4.69, 9.17) is 4.99 Å². The summed E-state index contributed by atoms with van der Waals surface area (Å²) in [5.74, 6) is 1.06. The molecule has 2 aromatic carbocycles. The van der Waals surface area contributed by atoms with Gasteiger partial charge in [-0.3, -0.25) is 19.6 Å². The van der Waals surface area contributed by atoms with Crippen molar-refractivity contribution < 1.29 is 14.0 Å². The lowest BCUT2D eigenvalue weighted by atomic mass is 9.69. The van der Waals surface area contributed by atoms with Crippen LogP contribution in [0.3, 0.4) is 0 Å². The smallest absolute Gasteiger partial charge is 0.275 e. The summed E-state index contributed by atoms with van der Waals surface area (Å²) in [5.41, 5.74) is 8.10. The van der Waals surface area contributed by atoms with Crippen LogP contribution in [0.5, 0.6) is 0 Å². The molecule has 3 N–H and O–H groups in total. The van der Waals surface area contributed by atoms with Gasteiger partial charge in [-0.25, -0.2) is 9.93 Å². The molecule has 1 aliphatic carbocycles. The number of hydrogen-bond donors (Lipinski definition) is 3. The predicted octanol–water partition coefficient (Wildman–Crippen LogP) is 5.87. The summed E-state index contributed by atoms with van der Waals surface area (Å²) in [6.07, 6.45) is 5.23. The minimum atomic E-state index is -0.662. The van der Waals surface area contributed by atoms with E-state index in [9.17, 15) is 14.0 Å². The van der Waals surface area contributed by atoms with Gasteiger partial charge in [0, 0.05) is 18.2 Å². The number of benzene rings is 2. The number of hydrazone groups is 1. The Morgan fingerprint density at radius 1 is 1.11 bits per heavy atom. The largest absolute Gasteiger partial charge is 0.345 e. The Morgan fingerprint density at radius 2 is 1.80 bits per heavy atom. The van der Waals surface area contributed by atoms with E-state index in [0.717, 1.165) is 44.1 Å². The molecular weight excluding hydrogens is 569 g/mol. The molecule has 3 aliphatic rings. The number of aryl methyl sites for hydroxylation is 1. The summed E-state index contributed by atoms with van der Waals surface area (Å²) in [5, 5.41) is 8.72. The van der Waals surface area contributed by atoms with Crippen LogP contribution in [0.1, 0.15) is 106 Å². The minimum absolute atomic E-state index is 0.102. The predicted molar refractivity (Wildman–Crippen MR) is 176 cm³/mol. The number of nitrogens with zero attached hydrogens (tertiary/aromatic N) is 4. The minimum Gasteiger partial charge on any atom is -0.345 e. The number of nitrogens with one attached hydrogen (secondary N) is 3. The lowest BCUT2D eigenvalue weighted by Gasteiger charge is -2.47. The molecule has 1 fully saturated rings. The molecule has 10 heteroatoms. The van der Waals surface area contributed by atoms with E-state index in [1.54, 1.807) is 24.1 Å². The van der Waals surface area contributed by atoms with Crippen molar-refractivity contribution in [3.8, 4) is 0 Å². The van der Waals surface area contributed by atoms with Crippen LogP contribution in [0.25, 0.3) is 0 Å². The van der Waals surface area contributed by atoms with Crippen molar-refractivity contribution in [2.24, 2.45) is 27.3 Å². The number of hydrazine groups is 2. The third-order valence-electron chi connectivity index (χ3n) is 9.72. The second-order valence-electron chi connectivity index (χ2n) is 14.3. The van der Waals surface area contributed by atoms with Gasteiger partial charge >= 0.3 is 0 Å². The first-order valence-corrected chi connectivity index (χ1v) is 16.2. The Balaban J connectivity index is 1.47. The quantitative estimate of drug-likeness (QED) is 0.327. The molecule has 9 nitrogen and oxygen atoms in total. The lowest BCUT2D eigenvalue weighted by Crippen LogP contribution is -2.51. The molecule has 45 heavy (non-hydrogen) atoms. The second-order valence-corrected chi connectivity index (χ2v) is 14.3. The average molecular weight is 618 g/mol. The third kappa shape index (κ3) is 6.90. The van der Waals surface area contributed by atoms with Crippen molar-refractivity contribution >= 4 is 23.4 Å². The van der Waals surface area contributed by atoms with Crippen LogP contribution >= 0.6 is 0 Å². The monoisotopic (exact) mass is 617 g/mol. The molecule has 2 aromatic rings. The van der Waals surface area contributed by atoms with E-state index in [-0.39, 0.29) is 35.6 Å². The second kappa shape index (κ2) is 12.9. The fourth-order valence-electron chi connectivity index (χ4n) is 6.84. The first kappa shape index (κ1) is 32.6. The van der Waals surface area contributed by atoms with Crippen LogP contribution in [-0.4, -0.2) is 52.5 Å². The molecule has 0 radical (unpaired) electrons. The van der Waals surface area contributed by atoms with E-state index in [2.05, 4.69) is 56.1 Å². The normalized spacial score (nSPS) is 22.5. The van der Waals surface area contributed by atoms with Gasteiger partial charge in [-0.2, -0.15) is 0 Å². The maximum Gasteiger partial charge on any atom is 0.275 e. The summed E-state index contributed by atoms with van der Waals surface area (Å²) in [6.45, 7) is 13.3. The molecule has 1 spiro atoms. The van der Waals surface area contributed by atoms with Crippen molar-refractivity contribution in [1.29, 1.82) is 0 Å². The van der Waals surface area contributed by atoms with Crippen LogP contribution in [0, 0.1) is 30.0 Å². The molecule has 0 aromatic heterocycles. The molecular formula is C35H48FN7O2. The highest BCUT2D eigenvalue weighted by molar-refractivity contribution is 6.46. The van der Waals surface area contributed by atoms with Gasteiger partial charge in [-0.1, -0.05) is 46.8 Å².